The molecule has 3 aromatic rings. The normalized spacial score (nSPS) is 18.7. The number of fused-ring (bicyclic) bond motifs is 1. The second-order valence-electron chi connectivity index (χ2n) is 8.79. The zero-order valence-corrected chi connectivity index (χ0v) is 19.1. The van der Waals surface area contributed by atoms with Gasteiger partial charge < -0.3 is 24.5 Å². The fraction of sp³-hybridized carbons (Fsp3) is 0.375. The number of aryl methyl sites for hydroxylation is 1. The predicted octanol–water partition coefficient (Wildman–Crippen LogP) is 3.43. The number of ether oxygens (including phenoxy) is 1. The van der Waals surface area contributed by atoms with Gasteiger partial charge in [0.1, 0.15) is 17.3 Å². The molecule has 2 aliphatic rings. The van der Waals surface area contributed by atoms with Gasteiger partial charge in [-0.3, -0.25) is 4.90 Å². The number of nitrogens with one attached hydrogen (secondary N) is 1. The molecule has 0 saturated carbocycles. The Morgan fingerprint density at radius 3 is 2.74 bits per heavy atom. The van der Waals surface area contributed by atoms with E-state index in [1.54, 1.807) is 16.7 Å². The van der Waals surface area contributed by atoms with Crippen LogP contribution in [-0.2, 0) is 11.2 Å². The summed E-state index contributed by atoms with van der Waals surface area (Å²) < 4.78 is 38.4. The number of anilines is 1. The van der Waals surface area contributed by atoms with Crippen LogP contribution in [0.25, 0.3) is 16.9 Å². The van der Waals surface area contributed by atoms with Gasteiger partial charge in [-0.1, -0.05) is 0 Å². The average Bonchev–Trinajstić information content (AvgIpc) is 3.15. The number of rotatable bonds is 4. The number of amides is 3. The van der Waals surface area contributed by atoms with Gasteiger partial charge in [0, 0.05) is 32.3 Å². The molecular formula is C24H25F2N5O4. The molecule has 2 N–H and O–H groups in total. The number of hydrogen-bond donors (Lipinski definition) is 2. The van der Waals surface area contributed by atoms with Crippen LogP contribution in [0.2, 0.25) is 0 Å². The van der Waals surface area contributed by atoms with E-state index in [0.29, 0.717) is 30.9 Å². The Morgan fingerprint density at radius 2 is 2.03 bits per heavy atom. The number of halogens is 2. The molecule has 0 bridgehead atoms. The van der Waals surface area contributed by atoms with E-state index in [9.17, 15) is 14.7 Å². The summed E-state index contributed by atoms with van der Waals surface area (Å²) in [6, 6.07) is 5.56. The molecule has 0 aliphatic carbocycles. The van der Waals surface area contributed by atoms with Gasteiger partial charge >= 0.3 is 12.1 Å². The van der Waals surface area contributed by atoms with Crippen LogP contribution < -0.4 is 10.2 Å². The highest BCUT2D eigenvalue weighted by molar-refractivity contribution is 5.93. The Labute approximate surface area is 199 Å². The minimum Gasteiger partial charge on any atom is -0.465 e. The summed E-state index contributed by atoms with van der Waals surface area (Å²) in [6.07, 6.45) is 1.11. The third-order valence-corrected chi connectivity index (χ3v) is 6.37. The van der Waals surface area contributed by atoms with Crippen LogP contribution in [-0.4, -0.2) is 70.4 Å². The zero-order chi connectivity index (χ0) is 24.7. The number of carboxylic acid groups (broad SMARTS) is 1. The number of carbonyl (C=O) groups is 2. The molecule has 2 fully saturated rings. The number of pyridine rings is 1. The lowest BCUT2D eigenvalue weighted by Crippen LogP contribution is -2.46. The first-order valence-electron chi connectivity index (χ1n) is 11.4. The van der Waals surface area contributed by atoms with Gasteiger partial charge in [0.15, 0.2) is 0 Å². The van der Waals surface area contributed by atoms with E-state index in [4.69, 9.17) is 4.74 Å². The van der Waals surface area contributed by atoms with Gasteiger partial charge in [0.25, 0.3) is 0 Å². The highest BCUT2D eigenvalue weighted by atomic mass is 19.1. The maximum Gasteiger partial charge on any atom is 0.407 e. The maximum absolute atomic E-state index is 15.4. The van der Waals surface area contributed by atoms with Crippen LogP contribution in [0.3, 0.4) is 0 Å². The summed E-state index contributed by atoms with van der Waals surface area (Å²) in [6.45, 7) is 3.41. The van der Waals surface area contributed by atoms with Crippen LogP contribution >= 0.6 is 0 Å². The van der Waals surface area contributed by atoms with Gasteiger partial charge in [0.2, 0.25) is 0 Å². The molecule has 2 saturated heterocycles. The first kappa shape index (κ1) is 23.0. The van der Waals surface area contributed by atoms with E-state index in [1.807, 2.05) is 13.0 Å². The fourth-order valence-electron chi connectivity index (χ4n) is 4.64. The lowest BCUT2D eigenvalue weighted by atomic mass is 10.0. The topological polar surface area (TPSA) is 99.4 Å². The van der Waals surface area contributed by atoms with Gasteiger partial charge in [0.05, 0.1) is 41.9 Å². The Bertz CT molecular complexity index is 1290. The van der Waals surface area contributed by atoms with E-state index in [-0.39, 0.29) is 43.1 Å². The Morgan fingerprint density at radius 1 is 1.26 bits per heavy atom. The first-order chi connectivity index (χ1) is 16.8. The highest BCUT2D eigenvalue weighted by Gasteiger charge is 2.29. The van der Waals surface area contributed by atoms with E-state index >= 15 is 8.78 Å². The van der Waals surface area contributed by atoms with Crippen molar-refractivity contribution >= 4 is 23.5 Å². The van der Waals surface area contributed by atoms with Crippen LogP contribution in [0.1, 0.15) is 17.7 Å². The molecule has 2 aliphatic heterocycles. The monoisotopic (exact) mass is 485 g/mol. The molecule has 0 unspecified atom stereocenters. The lowest BCUT2D eigenvalue weighted by molar-refractivity contribution is -0.0214. The van der Waals surface area contributed by atoms with Gasteiger partial charge in [-0.05, 0) is 43.2 Å². The molecule has 0 spiro atoms. The SMILES string of the molecule is Cc1ccn2c(C[C@H]3CN(C(=O)O)CCO3)c(-c3c(F)cc(N4CCCNC4=O)cc3F)nc2c1. The highest BCUT2D eigenvalue weighted by Crippen LogP contribution is 2.34. The quantitative estimate of drug-likeness (QED) is 0.590. The number of imidazole rings is 1. The Kier molecular flexibility index (Phi) is 6.01. The predicted molar refractivity (Wildman–Crippen MR) is 124 cm³/mol. The van der Waals surface area contributed by atoms with Crippen molar-refractivity contribution in [3.05, 3.63) is 53.4 Å². The van der Waals surface area contributed by atoms with Crippen molar-refractivity contribution in [2.45, 2.75) is 25.9 Å². The lowest BCUT2D eigenvalue weighted by Gasteiger charge is -2.31. The van der Waals surface area contributed by atoms with Crippen LogP contribution in [0.5, 0.6) is 0 Å². The summed E-state index contributed by atoms with van der Waals surface area (Å²) in [4.78, 5) is 30.7. The number of hydrogen-bond acceptors (Lipinski definition) is 4. The van der Waals surface area contributed by atoms with Gasteiger partial charge in [-0.15, -0.1) is 0 Å². The molecule has 2 aromatic heterocycles. The van der Waals surface area contributed by atoms with Crippen molar-refractivity contribution in [2.75, 3.05) is 37.7 Å². The number of aromatic nitrogens is 2. The van der Waals surface area contributed by atoms with Crippen LogP contribution in [0.15, 0.2) is 30.5 Å². The molecule has 184 valence electrons. The molecule has 9 nitrogen and oxygen atoms in total. The van der Waals surface area contributed by atoms with E-state index in [1.165, 1.54) is 9.80 Å². The second kappa shape index (κ2) is 9.14. The van der Waals surface area contributed by atoms with Crippen molar-refractivity contribution in [3.63, 3.8) is 0 Å². The van der Waals surface area contributed by atoms with E-state index in [0.717, 1.165) is 17.7 Å². The molecular weight excluding hydrogens is 460 g/mol. The van der Waals surface area contributed by atoms with Crippen molar-refractivity contribution in [2.24, 2.45) is 0 Å². The van der Waals surface area contributed by atoms with Crippen molar-refractivity contribution in [3.8, 4) is 11.3 Å². The molecule has 1 atom stereocenters. The number of morpholine rings is 1. The summed E-state index contributed by atoms with van der Waals surface area (Å²) in [7, 11) is 0. The maximum atomic E-state index is 15.4. The van der Waals surface area contributed by atoms with Crippen LogP contribution in [0.4, 0.5) is 24.1 Å². The number of carbonyl (C=O) groups excluding carboxylic acids is 1. The fourth-order valence-corrected chi connectivity index (χ4v) is 4.64. The number of urea groups is 1. The summed E-state index contributed by atoms with van der Waals surface area (Å²) >= 11 is 0. The summed E-state index contributed by atoms with van der Waals surface area (Å²) in [5.74, 6) is -1.67. The minimum absolute atomic E-state index is 0.122. The van der Waals surface area contributed by atoms with Crippen molar-refractivity contribution in [1.82, 2.24) is 19.6 Å². The van der Waals surface area contributed by atoms with Gasteiger partial charge in [-0.25, -0.2) is 23.4 Å². The second-order valence-corrected chi connectivity index (χ2v) is 8.79. The van der Waals surface area contributed by atoms with Crippen molar-refractivity contribution in [1.29, 1.82) is 0 Å². The first-order valence-corrected chi connectivity index (χ1v) is 11.4. The van der Waals surface area contributed by atoms with Gasteiger partial charge in [-0.2, -0.15) is 0 Å². The van der Waals surface area contributed by atoms with E-state index in [2.05, 4.69) is 10.3 Å². The smallest absolute Gasteiger partial charge is 0.407 e. The molecule has 0 radical (unpaired) electrons. The summed E-state index contributed by atoms with van der Waals surface area (Å²) in [5.41, 5.74) is 1.91. The third-order valence-electron chi connectivity index (χ3n) is 6.37. The molecule has 5 rings (SSSR count). The van der Waals surface area contributed by atoms with E-state index < -0.39 is 29.9 Å². The third kappa shape index (κ3) is 4.39. The minimum atomic E-state index is -1.04. The largest absolute Gasteiger partial charge is 0.465 e. The average molecular weight is 485 g/mol. The zero-order valence-electron chi connectivity index (χ0n) is 19.1. The molecule has 1 aromatic carbocycles. The van der Waals surface area contributed by atoms with Crippen molar-refractivity contribution < 1.29 is 28.2 Å². The standard InChI is InChI=1S/C24H25F2N5O4/c1-14-3-6-31-19(12-16-13-29(24(33)34)7-8-35-16)22(28-20(31)9-14)21-17(25)10-15(11-18(21)26)30-5-2-4-27-23(30)32/h3,6,9-11,16H,2,4-5,7-8,12-13H2,1H3,(H,27,32)(H,33,34)/t16-/m0/s1. The molecule has 35 heavy (non-hydrogen) atoms. The number of benzene rings is 1. The Hall–Kier alpha value is -3.73. The van der Waals surface area contributed by atoms with Crippen LogP contribution in [0, 0.1) is 18.6 Å². The molecule has 3 amide bonds. The molecule has 11 heteroatoms. The molecule has 4 heterocycles. The summed E-state index contributed by atoms with van der Waals surface area (Å²) in [5, 5.41) is 12.0. The Balaban J connectivity index is 1.57. The number of nitrogens with zero attached hydrogens (tertiary/aromatic N) is 4.